The Hall–Kier alpha value is -3.86. The molecule has 4 aromatic rings. The first-order chi connectivity index (χ1) is 20.5. The van der Waals surface area contributed by atoms with Crippen molar-refractivity contribution in [3.05, 3.63) is 70.1 Å². The number of methoxy groups -OCH3 is 1. The molecule has 11 nitrogen and oxygen atoms in total. The van der Waals surface area contributed by atoms with Gasteiger partial charge in [0.05, 0.1) is 34.9 Å². The molecule has 2 aromatic carbocycles. The minimum absolute atomic E-state index is 0.0514. The van der Waals surface area contributed by atoms with Gasteiger partial charge in [0.1, 0.15) is 9.96 Å². The van der Waals surface area contributed by atoms with Crippen molar-refractivity contribution < 1.29 is 41.0 Å². The van der Waals surface area contributed by atoms with Crippen molar-refractivity contribution in [1.82, 2.24) is 20.0 Å². The Morgan fingerprint density at radius 2 is 1.77 bits per heavy atom. The van der Waals surface area contributed by atoms with Crippen LogP contribution in [0.1, 0.15) is 18.1 Å². The smallest absolute Gasteiger partial charge is 0.490 e. The zero-order valence-corrected chi connectivity index (χ0v) is 26.2. The molecule has 1 atom stereocenters. The summed E-state index contributed by atoms with van der Waals surface area (Å²) in [6.07, 6.45) is -5.08. The van der Waals surface area contributed by atoms with Crippen LogP contribution in [0.25, 0.3) is 10.9 Å². The number of carbonyl (C=O) groups is 2. The van der Waals surface area contributed by atoms with Gasteiger partial charge >= 0.3 is 12.1 Å². The van der Waals surface area contributed by atoms with Crippen molar-refractivity contribution in [1.29, 1.82) is 0 Å². The first-order valence-corrected chi connectivity index (χ1v) is 15.3. The molecule has 0 saturated heterocycles. The number of rotatable bonds is 10. The molecule has 0 saturated carbocycles. The fourth-order valence-corrected chi connectivity index (χ4v) is 6.25. The number of amides is 1. The van der Waals surface area contributed by atoms with E-state index in [4.69, 9.17) is 26.2 Å². The predicted molar refractivity (Wildman–Crippen MR) is 161 cm³/mol. The summed E-state index contributed by atoms with van der Waals surface area (Å²) in [6, 6.07) is 16.0. The molecule has 0 aliphatic heterocycles. The molecule has 2 heterocycles. The summed E-state index contributed by atoms with van der Waals surface area (Å²) in [5.74, 6) is -2.15. The van der Waals surface area contributed by atoms with E-state index in [0.29, 0.717) is 34.1 Å². The van der Waals surface area contributed by atoms with E-state index in [9.17, 15) is 26.4 Å². The third kappa shape index (κ3) is 8.84. The standard InChI is InChI=1S/C25H28ClN5O4S2.C2HF3O2/c1-16(30(2)3)25(32)27-14-17-7-5-8-18(13-17)15-31-19-9-6-10-20(35-4)23(19)24(28-31)29-37(33,34)22-12-11-21(26)36-22;3-2(4,5)1(6)7/h5-13,16H,14-15H2,1-4H3,(H,27,32)(H,28,29);(H,6,7)/t16-;/m0./s1. The summed E-state index contributed by atoms with van der Waals surface area (Å²) in [7, 11) is 1.35. The number of aromatic nitrogens is 2. The Kier molecular flexibility index (Phi) is 11.2. The number of carbonyl (C=O) groups excluding carboxylic acids is 1. The number of ether oxygens (including phenoxy) is 1. The molecular formula is C27H29ClF3N5O6S2. The number of aliphatic carboxylic acids is 1. The molecule has 3 N–H and O–H groups in total. The number of thiophene rings is 1. The largest absolute Gasteiger partial charge is 0.496 e. The molecule has 238 valence electrons. The van der Waals surface area contributed by atoms with Crippen molar-refractivity contribution >= 4 is 61.6 Å². The van der Waals surface area contributed by atoms with Crippen LogP contribution >= 0.6 is 22.9 Å². The van der Waals surface area contributed by atoms with E-state index >= 15 is 0 Å². The Labute approximate surface area is 260 Å². The third-order valence-corrected chi connectivity index (χ3v) is 9.25. The number of nitrogens with zero attached hydrogens (tertiary/aromatic N) is 3. The Bertz CT molecular complexity index is 1740. The Morgan fingerprint density at radius 1 is 1.14 bits per heavy atom. The van der Waals surface area contributed by atoms with Gasteiger partial charge in [-0.25, -0.2) is 13.2 Å². The van der Waals surface area contributed by atoms with Crippen LogP contribution in [0.15, 0.2) is 58.8 Å². The lowest BCUT2D eigenvalue weighted by Crippen LogP contribution is -2.41. The molecule has 0 radical (unpaired) electrons. The predicted octanol–water partition coefficient (Wildman–Crippen LogP) is 4.81. The first kappa shape index (κ1) is 34.6. The molecule has 0 aliphatic rings. The van der Waals surface area contributed by atoms with E-state index in [0.717, 1.165) is 22.5 Å². The Balaban J connectivity index is 0.000000676. The quantitative estimate of drug-likeness (QED) is 0.218. The van der Waals surface area contributed by atoms with Crippen LogP contribution in [0.4, 0.5) is 19.0 Å². The maximum Gasteiger partial charge on any atom is 0.490 e. The fraction of sp³-hybridized carbons (Fsp3) is 0.296. The number of nitrogens with one attached hydrogen (secondary N) is 2. The average molecular weight is 676 g/mol. The van der Waals surface area contributed by atoms with Crippen LogP contribution in [-0.4, -0.2) is 73.5 Å². The highest BCUT2D eigenvalue weighted by Gasteiger charge is 2.38. The molecule has 2 aromatic heterocycles. The molecule has 17 heteroatoms. The molecule has 0 spiro atoms. The number of hydrogen-bond acceptors (Lipinski definition) is 8. The normalized spacial score (nSPS) is 12.4. The van der Waals surface area contributed by atoms with Crippen molar-refractivity contribution in [3.8, 4) is 5.75 Å². The highest BCUT2D eigenvalue weighted by molar-refractivity contribution is 7.94. The summed E-state index contributed by atoms with van der Waals surface area (Å²) >= 11 is 6.92. The second kappa shape index (κ2) is 14.3. The topological polar surface area (TPSA) is 143 Å². The number of hydrogen-bond donors (Lipinski definition) is 3. The number of sulfonamides is 1. The lowest BCUT2D eigenvalue weighted by Gasteiger charge is -2.19. The van der Waals surface area contributed by atoms with Crippen LogP contribution in [-0.2, 0) is 32.7 Å². The second-order valence-electron chi connectivity index (χ2n) is 9.50. The van der Waals surface area contributed by atoms with Crippen molar-refractivity contribution in [3.63, 3.8) is 0 Å². The van der Waals surface area contributed by atoms with E-state index < -0.39 is 22.2 Å². The second-order valence-corrected chi connectivity index (χ2v) is 13.1. The number of halogens is 4. The summed E-state index contributed by atoms with van der Waals surface area (Å²) < 4.78 is 68.0. The molecule has 0 bridgehead atoms. The zero-order valence-electron chi connectivity index (χ0n) is 23.8. The molecule has 4 rings (SSSR count). The van der Waals surface area contributed by atoms with Gasteiger partial charge in [-0.2, -0.15) is 18.3 Å². The average Bonchev–Trinajstić information content (AvgIpc) is 3.55. The van der Waals surface area contributed by atoms with Crippen molar-refractivity contribution in [2.24, 2.45) is 0 Å². The number of fused-ring (bicyclic) bond motifs is 1. The van der Waals surface area contributed by atoms with E-state index in [1.807, 2.05) is 62.3 Å². The molecule has 1 amide bonds. The van der Waals surface area contributed by atoms with Gasteiger partial charge in [-0.1, -0.05) is 41.9 Å². The van der Waals surface area contributed by atoms with Gasteiger partial charge in [0.2, 0.25) is 5.91 Å². The summed E-state index contributed by atoms with van der Waals surface area (Å²) in [5.41, 5.74) is 2.60. The lowest BCUT2D eigenvalue weighted by molar-refractivity contribution is -0.192. The summed E-state index contributed by atoms with van der Waals surface area (Å²) in [4.78, 5) is 23.1. The summed E-state index contributed by atoms with van der Waals surface area (Å²) in [6.45, 7) is 2.63. The van der Waals surface area contributed by atoms with Gasteiger partial charge in [0.25, 0.3) is 10.0 Å². The minimum atomic E-state index is -5.08. The molecule has 0 aliphatic carbocycles. The fourth-order valence-electron chi connectivity index (χ4n) is 3.76. The van der Waals surface area contributed by atoms with Crippen LogP contribution in [0, 0.1) is 0 Å². The van der Waals surface area contributed by atoms with E-state index in [2.05, 4.69) is 15.1 Å². The third-order valence-electron chi connectivity index (χ3n) is 6.19. The van der Waals surface area contributed by atoms with Crippen LogP contribution in [0.5, 0.6) is 5.75 Å². The monoisotopic (exact) mass is 675 g/mol. The van der Waals surface area contributed by atoms with Crippen molar-refractivity contribution in [2.45, 2.75) is 36.4 Å². The number of benzene rings is 2. The maximum absolute atomic E-state index is 13.0. The number of alkyl halides is 3. The SMILES string of the molecule is COc1cccc2c1c(NS(=O)(=O)c1ccc(Cl)s1)nn2Cc1cccc(CNC(=O)[C@H](C)N(C)C)c1.O=C(O)C(F)(F)F. The first-order valence-electron chi connectivity index (χ1n) is 12.7. The van der Waals surface area contributed by atoms with E-state index in [-0.39, 0.29) is 22.0 Å². The Morgan fingerprint density at radius 3 is 2.34 bits per heavy atom. The highest BCUT2D eigenvalue weighted by Crippen LogP contribution is 2.35. The van der Waals surface area contributed by atoms with Gasteiger partial charge in [-0.15, -0.1) is 11.3 Å². The zero-order chi connectivity index (χ0) is 32.8. The summed E-state index contributed by atoms with van der Waals surface area (Å²) in [5, 5.41) is 15.2. The molecule has 0 fully saturated rings. The minimum Gasteiger partial charge on any atom is -0.496 e. The van der Waals surface area contributed by atoms with Crippen LogP contribution < -0.4 is 14.8 Å². The van der Waals surface area contributed by atoms with E-state index in [1.54, 1.807) is 10.7 Å². The number of carboxylic acids is 1. The molecular weight excluding hydrogens is 647 g/mol. The lowest BCUT2D eigenvalue weighted by atomic mass is 10.1. The van der Waals surface area contributed by atoms with Gasteiger partial charge in [-0.05, 0) is 56.4 Å². The van der Waals surface area contributed by atoms with Gasteiger partial charge in [0.15, 0.2) is 5.82 Å². The number of likely N-dealkylation sites (N-methyl/N-ethyl adjacent to an activating group) is 1. The van der Waals surface area contributed by atoms with Gasteiger partial charge in [-0.3, -0.25) is 19.1 Å². The number of anilines is 1. The van der Waals surface area contributed by atoms with Crippen LogP contribution in [0.3, 0.4) is 0 Å². The van der Waals surface area contributed by atoms with E-state index in [1.165, 1.54) is 19.2 Å². The number of carboxylic acid groups (broad SMARTS) is 1. The van der Waals surface area contributed by atoms with Crippen molar-refractivity contribution in [2.75, 3.05) is 25.9 Å². The highest BCUT2D eigenvalue weighted by atomic mass is 35.5. The van der Waals surface area contributed by atoms with Crippen LogP contribution in [0.2, 0.25) is 4.34 Å². The van der Waals surface area contributed by atoms with Gasteiger partial charge < -0.3 is 15.2 Å². The molecule has 44 heavy (non-hydrogen) atoms. The maximum atomic E-state index is 13.0. The van der Waals surface area contributed by atoms with Gasteiger partial charge in [0, 0.05) is 6.54 Å². The molecule has 0 unspecified atom stereocenters.